The van der Waals surface area contributed by atoms with E-state index in [2.05, 4.69) is 58.7 Å². The predicted molar refractivity (Wildman–Crippen MR) is 116 cm³/mol. The maximum absolute atomic E-state index is 4.84. The van der Waals surface area contributed by atoms with Gasteiger partial charge >= 0.3 is 0 Å². The Kier molecular flexibility index (Phi) is 7.91. The molecule has 0 aliphatic carbocycles. The number of aliphatic imine (C=N–C) groups is 1. The molecule has 3 rings (SSSR count). The van der Waals surface area contributed by atoms with Crippen LogP contribution >= 0.6 is 0 Å². The molecule has 152 valence electrons. The molecule has 1 aliphatic rings. The van der Waals surface area contributed by atoms with Gasteiger partial charge in [0.2, 0.25) is 0 Å². The summed E-state index contributed by atoms with van der Waals surface area (Å²) in [4.78, 5) is 7.38. The van der Waals surface area contributed by atoms with Gasteiger partial charge in [-0.1, -0.05) is 19.1 Å². The molecular formula is C22H34N6. The second kappa shape index (κ2) is 10.9. The van der Waals surface area contributed by atoms with Crippen LogP contribution in [-0.4, -0.2) is 59.9 Å². The second-order valence-corrected chi connectivity index (χ2v) is 7.41. The monoisotopic (exact) mass is 382 g/mol. The molecular weight excluding hydrogens is 348 g/mol. The molecule has 2 aromatic rings. The Morgan fingerprint density at radius 3 is 2.79 bits per heavy atom. The van der Waals surface area contributed by atoms with Gasteiger partial charge in [0, 0.05) is 38.6 Å². The lowest BCUT2D eigenvalue weighted by Crippen LogP contribution is -2.40. The summed E-state index contributed by atoms with van der Waals surface area (Å²) in [6.45, 7) is 10.6. The van der Waals surface area contributed by atoms with Crippen molar-refractivity contribution in [1.29, 1.82) is 0 Å². The maximum Gasteiger partial charge on any atom is 0.191 e. The highest BCUT2D eigenvalue weighted by Gasteiger charge is 2.18. The molecule has 0 bridgehead atoms. The number of aromatic nitrogens is 2. The van der Waals surface area contributed by atoms with Crippen LogP contribution in [0, 0.1) is 5.92 Å². The van der Waals surface area contributed by atoms with E-state index in [1.807, 2.05) is 16.9 Å². The van der Waals surface area contributed by atoms with Crippen molar-refractivity contribution in [3.8, 4) is 5.69 Å². The fourth-order valence-corrected chi connectivity index (χ4v) is 3.71. The van der Waals surface area contributed by atoms with Gasteiger partial charge in [0.1, 0.15) is 0 Å². The topological polar surface area (TPSA) is 57.5 Å². The van der Waals surface area contributed by atoms with Crippen molar-refractivity contribution in [2.45, 2.75) is 33.1 Å². The third-order valence-electron chi connectivity index (χ3n) is 5.31. The van der Waals surface area contributed by atoms with Gasteiger partial charge in [-0.25, -0.2) is 4.68 Å². The molecule has 1 aromatic carbocycles. The molecule has 1 saturated heterocycles. The molecule has 0 spiro atoms. The minimum absolute atomic E-state index is 0.680. The average Bonchev–Trinajstić information content (AvgIpc) is 3.27. The molecule has 1 atom stereocenters. The summed E-state index contributed by atoms with van der Waals surface area (Å²) in [5.41, 5.74) is 2.40. The molecule has 28 heavy (non-hydrogen) atoms. The summed E-state index contributed by atoms with van der Waals surface area (Å²) in [5, 5.41) is 11.1. The average molecular weight is 383 g/mol. The summed E-state index contributed by atoms with van der Waals surface area (Å²) in [6.07, 6.45) is 7.32. The van der Waals surface area contributed by atoms with Crippen molar-refractivity contribution in [3.63, 3.8) is 0 Å². The van der Waals surface area contributed by atoms with Crippen LogP contribution in [0.3, 0.4) is 0 Å². The fraction of sp³-hybridized carbons (Fsp3) is 0.545. The van der Waals surface area contributed by atoms with Crippen LogP contribution in [0.25, 0.3) is 5.69 Å². The lowest BCUT2D eigenvalue weighted by Gasteiger charge is -2.31. The molecule has 1 fully saturated rings. The number of hydrogen-bond acceptors (Lipinski definition) is 3. The molecule has 2 N–H and O–H groups in total. The van der Waals surface area contributed by atoms with Crippen molar-refractivity contribution in [1.82, 2.24) is 25.3 Å². The smallest absolute Gasteiger partial charge is 0.191 e. The van der Waals surface area contributed by atoms with Gasteiger partial charge in [-0.15, -0.1) is 0 Å². The highest BCUT2D eigenvalue weighted by atomic mass is 15.3. The van der Waals surface area contributed by atoms with E-state index >= 15 is 0 Å². The van der Waals surface area contributed by atoms with E-state index in [9.17, 15) is 0 Å². The van der Waals surface area contributed by atoms with Crippen LogP contribution in [0.2, 0.25) is 0 Å². The number of rotatable bonds is 8. The SMILES string of the molecule is CCNC(=NCC1CCCN(CC)C1)NCCc1ccc(-n2cccn2)cc1. The Balaban J connectivity index is 1.46. The Hall–Kier alpha value is -2.34. The van der Waals surface area contributed by atoms with Crippen LogP contribution in [0.5, 0.6) is 0 Å². The Morgan fingerprint density at radius 1 is 1.21 bits per heavy atom. The lowest BCUT2D eigenvalue weighted by molar-refractivity contribution is 0.186. The number of likely N-dealkylation sites (tertiary alicyclic amines) is 1. The van der Waals surface area contributed by atoms with Crippen molar-refractivity contribution < 1.29 is 0 Å². The molecule has 6 heteroatoms. The number of piperidine rings is 1. The molecule has 1 unspecified atom stereocenters. The number of nitrogens with one attached hydrogen (secondary N) is 2. The first-order chi connectivity index (χ1) is 13.8. The quantitative estimate of drug-likeness (QED) is 0.544. The fourth-order valence-electron chi connectivity index (χ4n) is 3.71. The van der Waals surface area contributed by atoms with Crippen LogP contribution in [0.1, 0.15) is 32.3 Å². The molecule has 0 saturated carbocycles. The lowest BCUT2D eigenvalue weighted by atomic mass is 9.98. The van der Waals surface area contributed by atoms with Gasteiger partial charge in [-0.2, -0.15) is 5.10 Å². The van der Waals surface area contributed by atoms with Crippen molar-refractivity contribution in [2.75, 3.05) is 39.3 Å². The zero-order chi connectivity index (χ0) is 19.6. The summed E-state index contributed by atoms with van der Waals surface area (Å²) >= 11 is 0. The molecule has 6 nitrogen and oxygen atoms in total. The minimum Gasteiger partial charge on any atom is -0.357 e. The molecule has 2 heterocycles. The molecule has 0 amide bonds. The van der Waals surface area contributed by atoms with Crippen LogP contribution in [-0.2, 0) is 6.42 Å². The van der Waals surface area contributed by atoms with E-state index in [4.69, 9.17) is 4.99 Å². The predicted octanol–water partition coefficient (Wildman–Crippen LogP) is 2.70. The molecule has 0 radical (unpaired) electrons. The highest BCUT2D eigenvalue weighted by molar-refractivity contribution is 5.79. The highest BCUT2D eigenvalue weighted by Crippen LogP contribution is 2.16. The van der Waals surface area contributed by atoms with E-state index in [0.29, 0.717) is 5.92 Å². The third kappa shape index (κ3) is 6.09. The van der Waals surface area contributed by atoms with Gasteiger partial charge in [-0.3, -0.25) is 4.99 Å². The Bertz CT molecular complexity index is 707. The van der Waals surface area contributed by atoms with Crippen LogP contribution in [0.15, 0.2) is 47.7 Å². The van der Waals surface area contributed by atoms with Gasteiger partial charge < -0.3 is 15.5 Å². The van der Waals surface area contributed by atoms with Gasteiger partial charge in [0.05, 0.1) is 5.69 Å². The summed E-state index contributed by atoms with van der Waals surface area (Å²) < 4.78 is 1.88. The van der Waals surface area contributed by atoms with Crippen molar-refractivity contribution >= 4 is 5.96 Å². The first-order valence-corrected chi connectivity index (χ1v) is 10.6. The number of hydrogen-bond donors (Lipinski definition) is 2. The molecule has 1 aliphatic heterocycles. The minimum atomic E-state index is 0.680. The van der Waals surface area contributed by atoms with Crippen LogP contribution in [0.4, 0.5) is 0 Å². The third-order valence-corrected chi connectivity index (χ3v) is 5.31. The summed E-state index contributed by atoms with van der Waals surface area (Å²) in [6, 6.07) is 10.5. The number of nitrogens with zero attached hydrogens (tertiary/aromatic N) is 4. The van der Waals surface area contributed by atoms with E-state index in [0.717, 1.165) is 44.2 Å². The zero-order valence-corrected chi connectivity index (χ0v) is 17.3. The Labute approximate surface area is 169 Å². The van der Waals surface area contributed by atoms with Crippen molar-refractivity contribution in [2.24, 2.45) is 10.9 Å². The number of benzene rings is 1. The van der Waals surface area contributed by atoms with Crippen LogP contribution < -0.4 is 10.6 Å². The molecule has 1 aromatic heterocycles. The van der Waals surface area contributed by atoms with Gasteiger partial charge in [0.25, 0.3) is 0 Å². The number of guanidine groups is 1. The second-order valence-electron chi connectivity index (χ2n) is 7.41. The standard InChI is InChI=1S/C22H34N6/c1-3-23-22(25-17-20-7-5-15-27(4-2)18-20)24-14-12-19-8-10-21(11-9-19)28-16-6-13-26-28/h6,8-11,13,16,20H,3-5,7,12,14-15,17-18H2,1-2H3,(H2,23,24,25). The first-order valence-electron chi connectivity index (χ1n) is 10.6. The first kappa shape index (κ1) is 20.4. The van der Waals surface area contributed by atoms with Crippen molar-refractivity contribution in [3.05, 3.63) is 48.3 Å². The van der Waals surface area contributed by atoms with Gasteiger partial charge in [0.15, 0.2) is 5.96 Å². The van der Waals surface area contributed by atoms with E-state index < -0.39 is 0 Å². The largest absolute Gasteiger partial charge is 0.357 e. The van der Waals surface area contributed by atoms with E-state index in [1.165, 1.54) is 31.5 Å². The van der Waals surface area contributed by atoms with E-state index in [-0.39, 0.29) is 0 Å². The van der Waals surface area contributed by atoms with E-state index in [1.54, 1.807) is 6.20 Å². The summed E-state index contributed by atoms with van der Waals surface area (Å²) in [5.74, 6) is 1.61. The van der Waals surface area contributed by atoms with Gasteiger partial charge in [-0.05, 0) is 69.0 Å². The summed E-state index contributed by atoms with van der Waals surface area (Å²) in [7, 11) is 0. The Morgan fingerprint density at radius 2 is 2.07 bits per heavy atom. The zero-order valence-electron chi connectivity index (χ0n) is 17.3. The maximum atomic E-state index is 4.84. The normalized spacial score (nSPS) is 18.2.